The largest absolute Gasteiger partial charge is 0.706 e. The van der Waals surface area contributed by atoms with E-state index in [1.807, 2.05) is 0 Å². The van der Waals surface area contributed by atoms with Crippen LogP contribution in [0.4, 0.5) is 0 Å². The molecule has 0 aliphatic rings. The van der Waals surface area contributed by atoms with E-state index in [2.05, 4.69) is 23.3 Å². The fourth-order valence-corrected chi connectivity index (χ4v) is 0. The minimum absolute atomic E-state index is 1.22. The van der Waals surface area contributed by atoms with Gasteiger partial charge in [-0.1, -0.05) is 9.83 Å². The van der Waals surface area contributed by atoms with Crippen molar-refractivity contribution in [1.82, 2.24) is 0 Å². The Morgan fingerprint density at radius 3 is 2.00 bits per heavy atom. The molecular weight excluding hydrogens is 128 g/mol. The van der Waals surface area contributed by atoms with Gasteiger partial charge in [0.2, 0.25) is 0 Å². The van der Waals surface area contributed by atoms with Crippen molar-refractivity contribution in [2.24, 2.45) is 0 Å². The van der Waals surface area contributed by atoms with Crippen LogP contribution in [-0.4, -0.2) is 0 Å². The van der Waals surface area contributed by atoms with Crippen molar-refractivity contribution in [2.45, 2.75) is 0 Å². The first-order valence-electron chi connectivity index (χ1n) is 0.516. The van der Waals surface area contributed by atoms with E-state index in [-0.39, 0.29) is 0 Å². The van der Waals surface area contributed by atoms with Gasteiger partial charge in [-0.15, -0.1) is 11.7 Å². The maximum atomic E-state index is 4.36. The zero-order chi connectivity index (χ0) is 3.41. The molecule has 0 heterocycles. The topological polar surface area (TPSA) is 0 Å². The van der Waals surface area contributed by atoms with Crippen molar-refractivity contribution in [2.75, 3.05) is 0 Å². The van der Waals surface area contributed by atoms with Crippen LogP contribution >= 0.6 is 31.3 Å². The second-order valence-electron chi connectivity index (χ2n) is 0.143. The van der Waals surface area contributed by atoms with Crippen molar-refractivity contribution in [3.63, 3.8) is 0 Å². The fraction of sp³-hybridized carbons (Fsp3) is 0. The molecule has 0 saturated heterocycles. The van der Waals surface area contributed by atoms with Crippen LogP contribution in [-0.2, 0) is 11.7 Å². The summed E-state index contributed by atoms with van der Waals surface area (Å²) in [5.41, 5.74) is 0. The number of hydrogen-bond donors (Lipinski definition) is 1. The molecule has 26 valence electrons. The second-order valence-corrected chi connectivity index (χ2v) is 3.85. The molecule has 0 atom stereocenters. The highest BCUT2D eigenvalue weighted by Gasteiger charge is 1.43. The summed E-state index contributed by atoms with van der Waals surface area (Å²) in [5, 5.41) is 0. The molecule has 0 aromatic heterocycles. The lowest BCUT2D eigenvalue weighted by molar-refractivity contribution is 5.94. The van der Waals surface area contributed by atoms with E-state index in [0.29, 0.717) is 0 Å². The summed E-state index contributed by atoms with van der Waals surface area (Å²) >= 11 is 8.05. The molecule has 4 heteroatoms. The lowest BCUT2D eigenvalue weighted by Gasteiger charge is -1.89. The van der Waals surface area contributed by atoms with E-state index in [1.54, 1.807) is 0 Å². The van der Waals surface area contributed by atoms with Crippen LogP contribution in [0.2, 0.25) is 0 Å². The third kappa shape index (κ3) is 3.40. The van der Waals surface area contributed by atoms with Gasteiger partial charge in [0.15, 0.2) is 0 Å². The van der Waals surface area contributed by atoms with Crippen LogP contribution in [0, 0.1) is 0 Å². The fourth-order valence-electron chi connectivity index (χ4n) is 0. The molecule has 0 aromatic rings. The zero-order valence-electron chi connectivity index (χ0n) is 1.67. The highest BCUT2D eigenvalue weighted by molar-refractivity contribution is 9.18. The van der Waals surface area contributed by atoms with Crippen LogP contribution in [0.25, 0.3) is 0 Å². The molecule has 0 saturated carbocycles. The van der Waals surface area contributed by atoms with Crippen molar-refractivity contribution in [3.05, 3.63) is 0 Å². The van der Waals surface area contributed by atoms with Crippen LogP contribution in [0.3, 0.4) is 0 Å². The van der Waals surface area contributed by atoms with Crippen LogP contribution < -0.4 is 0 Å². The number of thiol groups is 1. The van der Waals surface area contributed by atoms with Gasteiger partial charge in [-0.2, -0.15) is 0 Å². The van der Waals surface area contributed by atoms with Gasteiger partial charge in [-0.25, -0.2) is 0 Å². The normalized spacial score (nSPS) is 7.50. The van der Waals surface area contributed by atoms with Crippen molar-refractivity contribution in [1.29, 1.82) is 0 Å². The van der Waals surface area contributed by atoms with Gasteiger partial charge >= 0.3 is 0 Å². The predicted molar refractivity (Wildman–Crippen MR) is 31.5 cm³/mol. The highest BCUT2D eigenvalue weighted by atomic mass is 33.7. The maximum Gasteiger partial charge on any atom is -0.0553 e. The standard InChI is InChI=1S/H2S4/c1-3-4-2/h1-2H/p-1. The Labute approximate surface area is 43.1 Å². The molecule has 4 heavy (non-hydrogen) atoms. The minimum atomic E-state index is 1.22. The minimum Gasteiger partial charge on any atom is -0.706 e. The van der Waals surface area contributed by atoms with Gasteiger partial charge in [0.1, 0.15) is 0 Å². The van der Waals surface area contributed by atoms with E-state index >= 15 is 0 Å². The van der Waals surface area contributed by atoms with E-state index in [1.165, 1.54) is 19.7 Å². The molecule has 0 aromatic carbocycles. The Morgan fingerprint density at radius 1 is 1.75 bits per heavy atom. The summed E-state index contributed by atoms with van der Waals surface area (Å²) in [4.78, 5) is 0. The average Bonchev–Trinajstić information content (AvgIpc) is 1.37. The van der Waals surface area contributed by atoms with Gasteiger partial charge in [-0.05, 0) is 0 Å². The summed E-state index contributed by atoms with van der Waals surface area (Å²) in [6.45, 7) is 0. The molecule has 0 N–H and O–H groups in total. The summed E-state index contributed by atoms with van der Waals surface area (Å²) in [7, 11) is 2.50. The third-order valence-electron chi connectivity index (χ3n) is 0.0304. The lowest BCUT2D eigenvalue weighted by atomic mass is 30.4. The highest BCUT2D eigenvalue weighted by Crippen LogP contribution is 2.20. The molecule has 0 fully saturated rings. The van der Waals surface area contributed by atoms with Crippen LogP contribution in [0.15, 0.2) is 0 Å². The first-order chi connectivity index (χ1) is 1.91. The predicted octanol–water partition coefficient (Wildman–Crippen LogP) is 1.67. The smallest absolute Gasteiger partial charge is 0.0553 e. The molecule has 0 amide bonds. The first-order valence-corrected chi connectivity index (χ1v) is 4.64. The molecule has 0 bridgehead atoms. The molecule has 0 spiro atoms. The average molecular weight is 129 g/mol. The number of rotatable bonds is 1. The molecule has 0 aliphatic heterocycles. The van der Waals surface area contributed by atoms with Gasteiger partial charge in [0.05, 0.1) is 0 Å². The molecule has 0 unspecified atom stereocenters. The SMILES string of the molecule is [S-]SSS. The zero-order valence-corrected chi connectivity index (χ0v) is 5.02. The van der Waals surface area contributed by atoms with Crippen molar-refractivity contribution in [3.8, 4) is 0 Å². The van der Waals surface area contributed by atoms with Crippen LogP contribution in [0.1, 0.15) is 0 Å². The third-order valence-corrected chi connectivity index (χ3v) is 2.46. The monoisotopic (exact) mass is 129 g/mol. The lowest BCUT2D eigenvalue weighted by Crippen LogP contribution is -1.10. The van der Waals surface area contributed by atoms with E-state index in [4.69, 9.17) is 0 Å². The summed E-state index contributed by atoms with van der Waals surface area (Å²) in [6, 6.07) is 0. The summed E-state index contributed by atoms with van der Waals surface area (Å²) in [5.74, 6) is 0. The molecule has 0 radical (unpaired) electrons. The van der Waals surface area contributed by atoms with Gasteiger partial charge in [-0.3, -0.25) is 9.83 Å². The Hall–Kier alpha value is 1.40. The summed E-state index contributed by atoms with van der Waals surface area (Å²) in [6.07, 6.45) is 0. The van der Waals surface area contributed by atoms with E-state index < -0.39 is 0 Å². The second kappa shape index (κ2) is 4.40. The first kappa shape index (κ1) is 5.40. The quantitative estimate of drug-likeness (QED) is 0.325. The Balaban J connectivity index is 1.97. The number of hydrogen-bond acceptors (Lipinski definition) is 4. The van der Waals surface area contributed by atoms with E-state index in [0.717, 1.165) is 0 Å². The van der Waals surface area contributed by atoms with Crippen molar-refractivity contribution >= 4 is 43.0 Å². The van der Waals surface area contributed by atoms with Crippen molar-refractivity contribution < 1.29 is 0 Å². The molecule has 0 aliphatic carbocycles. The maximum absolute atomic E-state index is 4.36. The molecule has 0 rings (SSSR count). The molecule has 0 nitrogen and oxygen atoms in total. The Bertz CT molecular complexity index is 2.00. The van der Waals surface area contributed by atoms with Crippen LogP contribution in [0.5, 0.6) is 0 Å². The molecular formula is HS4-. The Morgan fingerprint density at radius 2 is 2.00 bits per heavy atom. The van der Waals surface area contributed by atoms with E-state index in [9.17, 15) is 0 Å². The van der Waals surface area contributed by atoms with Gasteiger partial charge < -0.3 is 11.7 Å². The Kier molecular flexibility index (Phi) is 5.94. The van der Waals surface area contributed by atoms with Gasteiger partial charge in [0, 0.05) is 0 Å². The van der Waals surface area contributed by atoms with Gasteiger partial charge in [0.25, 0.3) is 0 Å². The summed E-state index contributed by atoms with van der Waals surface area (Å²) < 4.78 is 0.